The topological polar surface area (TPSA) is 98.5 Å². The van der Waals surface area contributed by atoms with Crippen molar-refractivity contribution in [3.8, 4) is 6.07 Å². The van der Waals surface area contributed by atoms with Crippen LogP contribution in [0.5, 0.6) is 0 Å². The zero-order chi connectivity index (χ0) is 19.4. The third-order valence-electron chi connectivity index (χ3n) is 4.74. The highest BCUT2D eigenvalue weighted by atomic mass is 16.5. The van der Waals surface area contributed by atoms with Crippen molar-refractivity contribution in [2.75, 3.05) is 24.5 Å². The maximum atomic E-state index is 12.5. The number of nitriles is 1. The largest absolute Gasteiger partial charge is 0.391 e. The number of pyridine rings is 1. The fraction of sp³-hybridized carbons (Fsp3) is 0.450. The van der Waals surface area contributed by atoms with Gasteiger partial charge in [0.1, 0.15) is 6.07 Å². The Morgan fingerprint density at radius 3 is 3.04 bits per heavy atom. The van der Waals surface area contributed by atoms with E-state index in [0.717, 1.165) is 11.1 Å². The van der Waals surface area contributed by atoms with E-state index >= 15 is 0 Å². The van der Waals surface area contributed by atoms with Gasteiger partial charge in [-0.3, -0.25) is 9.78 Å². The first-order chi connectivity index (χ1) is 13.0. The number of carbonyl (C=O) groups excluding carboxylic acids is 1. The number of benzene rings is 1. The number of morpholine rings is 1. The predicted molar refractivity (Wildman–Crippen MR) is 102 cm³/mol. The van der Waals surface area contributed by atoms with E-state index in [1.54, 1.807) is 12.3 Å². The van der Waals surface area contributed by atoms with Crippen molar-refractivity contribution < 1.29 is 14.6 Å². The second-order valence-corrected chi connectivity index (χ2v) is 6.79. The number of fused-ring (bicyclic) bond motifs is 1. The summed E-state index contributed by atoms with van der Waals surface area (Å²) >= 11 is 0. The number of hydrogen-bond acceptors (Lipinski definition) is 6. The number of ether oxygens (including phenoxy) is 1. The number of carbonyl (C=O) groups is 1. The number of aliphatic hydroxyl groups is 1. The van der Waals surface area contributed by atoms with Gasteiger partial charge in [0, 0.05) is 30.4 Å². The minimum absolute atomic E-state index is 0.132. The van der Waals surface area contributed by atoms with Crippen molar-refractivity contribution in [3.05, 3.63) is 36.0 Å². The molecule has 1 fully saturated rings. The normalized spacial score (nSPS) is 20.9. The van der Waals surface area contributed by atoms with Crippen LogP contribution in [-0.2, 0) is 9.53 Å². The molecule has 7 heteroatoms. The Labute approximate surface area is 158 Å². The van der Waals surface area contributed by atoms with Crippen LogP contribution in [0, 0.1) is 11.3 Å². The lowest BCUT2D eigenvalue weighted by molar-refractivity contribution is -0.137. The molecule has 1 saturated heterocycles. The van der Waals surface area contributed by atoms with Crippen LogP contribution in [0.3, 0.4) is 0 Å². The molecule has 0 spiro atoms. The highest BCUT2D eigenvalue weighted by Crippen LogP contribution is 2.30. The van der Waals surface area contributed by atoms with E-state index in [0.29, 0.717) is 30.6 Å². The van der Waals surface area contributed by atoms with Crippen molar-refractivity contribution in [2.45, 2.75) is 38.6 Å². The van der Waals surface area contributed by atoms with Gasteiger partial charge in [-0.1, -0.05) is 6.92 Å². The molecule has 2 aromatic rings. The van der Waals surface area contributed by atoms with Crippen LogP contribution >= 0.6 is 0 Å². The number of hydrogen-bond donors (Lipinski definition) is 2. The van der Waals surface area contributed by atoms with E-state index in [-0.39, 0.29) is 18.6 Å². The zero-order valence-electron chi connectivity index (χ0n) is 15.6. The minimum Gasteiger partial charge on any atom is -0.391 e. The van der Waals surface area contributed by atoms with Gasteiger partial charge in [-0.05, 0) is 37.6 Å². The molecule has 142 valence electrons. The van der Waals surface area contributed by atoms with Crippen molar-refractivity contribution >= 4 is 22.5 Å². The van der Waals surface area contributed by atoms with Gasteiger partial charge in [0.2, 0.25) is 0 Å². The Morgan fingerprint density at radius 1 is 1.48 bits per heavy atom. The minimum atomic E-state index is -0.625. The van der Waals surface area contributed by atoms with Crippen LogP contribution in [0.2, 0.25) is 0 Å². The average Bonchev–Trinajstić information content (AvgIpc) is 2.70. The first kappa shape index (κ1) is 19.1. The lowest BCUT2D eigenvalue weighted by Crippen LogP contribution is -2.53. The van der Waals surface area contributed by atoms with Crippen LogP contribution in [0.15, 0.2) is 30.5 Å². The summed E-state index contributed by atoms with van der Waals surface area (Å²) in [5.41, 5.74) is 2.11. The van der Waals surface area contributed by atoms with Gasteiger partial charge < -0.3 is 20.1 Å². The maximum Gasteiger partial charge on any atom is 0.251 e. The van der Waals surface area contributed by atoms with Crippen LogP contribution in [0.1, 0.15) is 25.8 Å². The van der Waals surface area contributed by atoms with Gasteiger partial charge >= 0.3 is 0 Å². The Kier molecular flexibility index (Phi) is 5.89. The molecule has 27 heavy (non-hydrogen) atoms. The third kappa shape index (κ3) is 4.18. The molecule has 1 aliphatic rings. The fourth-order valence-electron chi connectivity index (χ4n) is 3.29. The molecule has 0 bridgehead atoms. The third-order valence-corrected chi connectivity index (χ3v) is 4.74. The number of aromatic nitrogens is 1. The van der Waals surface area contributed by atoms with E-state index in [2.05, 4.69) is 21.3 Å². The summed E-state index contributed by atoms with van der Waals surface area (Å²) in [5, 5.41) is 22.6. The molecule has 0 radical (unpaired) electrons. The highest BCUT2D eigenvalue weighted by Gasteiger charge is 2.31. The summed E-state index contributed by atoms with van der Waals surface area (Å²) in [6.45, 7) is 5.04. The van der Waals surface area contributed by atoms with E-state index in [1.807, 2.05) is 32.0 Å². The molecule has 0 saturated carbocycles. The summed E-state index contributed by atoms with van der Waals surface area (Å²) in [6.07, 6.45) is 0.940. The molecule has 3 atom stereocenters. The predicted octanol–water partition coefficient (Wildman–Crippen LogP) is 1.59. The average molecular weight is 368 g/mol. The molecule has 7 nitrogen and oxygen atoms in total. The Hall–Kier alpha value is -2.69. The molecule has 0 aliphatic carbocycles. The summed E-state index contributed by atoms with van der Waals surface area (Å²) in [5.74, 6) is -0.227. The molecule has 1 aromatic carbocycles. The molecule has 1 aromatic heterocycles. The Bertz CT molecular complexity index is 864. The standard InChI is InChI=1S/C20H24N4O3/c1-3-15(25)10-23-20(26)18-12-24(11-13(2)27-18)17-7-6-14(9-21)19-16(17)5-4-8-22-19/h4-8,13,15,18,25H,3,10-12H2,1-2H3,(H,23,26)/t13-,15?,18-/m1/s1. The smallest absolute Gasteiger partial charge is 0.251 e. The van der Waals surface area contributed by atoms with E-state index in [4.69, 9.17) is 4.74 Å². The number of nitrogens with zero attached hydrogens (tertiary/aromatic N) is 3. The Morgan fingerprint density at radius 2 is 2.30 bits per heavy atom. The zero-order valence-corrected chi connectivity index (χ0v) is 15.6. The molecular weight excluding hydrogens is 344 g/mol. The lowest BCUT2D eigenvalue weighted by atomic mass is 10.1. The van der Waals surface area contributed by atoms with Crippen LogP contribution in [0.4, 0.5) is 5.69 Å². The molecule has 1 aliphatic heterocycles. The quantitative estimate of drug-likeness (QED) is 0.832. The van der Waals surface area contributed by atoms with Gasteiger partial charge in [-0.2, -0.15) is 5.26 Å². The molecule has 2 N–H and O–H groups in total. The first-order valence-electron chi connectivity index (χ1n) is 9.17. The van der Waals surface area contributed by atoms with E-state index in [1.165, 1.54) is 0 Å². The van der Waals surface area contributed by atoms with Crippen LogP contribution in [-0.4, -0.2) is 53.9 Å². The monoisotopic (exact) mass is 368 g/mol. The highest BCUT2D eigenvalue weighted by molar-refractivity contribution is 5.95. The second-order valence-electron chi connectivity index (χ2n) is 6.79. The number of amides is 1. The summed E-state index contributed by atoms with van der Waals surface area (Å²) < 4.78 is 5.82. The number of aliphatic hydroxyl groups excluding tert-OH is 1. The van der Waals surface area contributed by atoms with Gasteiger partial charge in [0.05, 0.1) is 29.8 Å². The molecule has 2 heterocycles. The number of rotatable bonds is 5. The summed E-state index contributed by atoms with van der Waals surface area (Å²) in [4.78, 5) is 18.9. The second kappa shape index (κ2) is 8.33. The Balaban J connectivity index is 1.84. The van der Waals surface area contributed by atoms with Gasteiger partial charge in [0.15, 0.2) is 6.10 Å². The number of nitrogens with one attached hydrogen (secondary N) is 1. The van der Waals surface area contributed by atoms with Crippen molar-refractivity contribution in [2.24, 2.45) is 0 Å². The fourth-order valence-corrected chi connectivity index (χ4v) is 3.29. The SMILES string of the molecule is CCC(O)CNC(=O)[C@H]1CN(c2ccc(C#N)c3ncccc23)C[C@@H](C)O1. The van der Waals surface area contributed by atoms with Crippen molar-refractivity contribution in [1.29, 1.82) is 5.26 Å². The van der Waals surface area contributed by atoms with Crippen molar-refractivity contribution in [3.63, 3.8) is 0 Å². The van der Waals surface area contributed by atoms with E-state index < -0.39 is 12.2 Å². The molecule has 3 rings (SSSR count). The molecular formula is C20H24N4O3. The van der Waals surface area contributed by atoms with Gasteiger partial charge in [-0.15, -0.1) is 0 Å². The van der Waals surface area contributed by atoms with Crippen molar-refractivity contribution in [1.82, 2.24) is 10.3 Å². The van der Waals surface area contributed by atoms with Crippen LogP contribution < -0.4 is 10.2 Å². The lowest BCUT2D eigenvalue weighted by Gasteiger charge is -2.38. The summed E-state index contributed by atoms with van der Waals surface area (Å²) in [7, 11) is 0. The molecule has 1 amide bonds. The van der Waals surface area contributed by atoms with Gasteiger partial charge in [-0.25, -0.2) is 0 Å². The maximum absolute atomic E-state index is 12.5. The number of anilines is 1. The first-order valence-corrected chi connectivity index (χ1v) is 9.17. The summed E-state index contributed by atoms with van der Waals surface area (Å²) in [6, 6.07) is 9.61. The van der Waals surface area contributed by atoms with Crippen LogP contribution in [0.25, 0.3) is 10.9 Å². The van der Waals surface area contributed by atoms with Gasteiger partial charge in [0.25, 0.3) is 5.91 Å². The molecule has 1 unspecified atom stereocenters. The van der Waals surface area contributed by atoms with E-state index in [9.17, 15) is 15.2 Å².